The molecule has 1 unspecified atom stereocenters. The molecule has 0 spiro atoms. The van der Waals surface area contributed by atoms with Gasteiger partial charge in [0.05, 0.1) is 0 Å². The molecule has 0 saturated carbocycles. The average molecular weight is 236 g/mol. The summed E-state index contributed by atoms with van der Waals surface area (Å²) in [4.78, 5) is 10.9. The molecular weight excluding hydrogens is 216 g/mol. The predicted octanol–water partition coefficient (Wildman–Crippen LogP) is 0.577. The summed E-state index contributed by atoms with van der Waals surface area (Å²) in [5.74, 6) is 7.56. The maximum absolute atomic E-state index is 5.37. The Bertz CT molecular complexity index is 380. The highest BCUT2D eigenvalue weighted by atomic mass is 15.3. The first kappa shape index (κ1) is 12.1. The number of nitrogens with zero attached hydrogens (tertiary/aromatic N) is 3. The van der Waals surface area contributed by atoms with E-state index in [1.165, 1.54) is 19.4 Å². The number of hydrogen-bond acceptors (Lipinski definition) is 6. The number of anilines is 2. The van der Waals surface area contributed by atoms with Crippen molar-refractivity contribution in [3.05, 3.63) is 11.9 Å². The number of hydrazine groups is 1. The van der Waals surface area contributed by atoms with Crippen molar-refractivity contribution < 1.29 is 0 Å². The van der Waals surface area contributed by atoms with Crippen molar-refractivity contribution in [2.45, 2.75) is 25.8 Å². The Kier molecular flexibility index (Phi) is 3.75. The van der Waals surface area contributed by atoms with Crippen LogP contribution in [0.2, 0.25) is 0 Å². The smallest absolute Gasteiger partial charge is 0.145 e. The zero-order valence-corrected chi connectivity index (χ0v) is 10.4. The topological polar surface area (TPSA) is 79.1 Å². The molecule has 6 nitrogen and oxygen atoms in total. The van der Waals surface area contributed by atoms with Gasteiger partial charge in [0, 0.05) is 18.7 Å². The van der Waals surface area contributed by atoms with Crippen molar-refractivity contribution in [2.24, 2.45) is 5.84 Å². The summed E-state index contributed by atoms with van der Waals surface area (Å²) in [5.41, 5.74) is 2.55. The number of nitrogens with one attached hydrogen (secondary N) is 2. The molecule has 1 aromatic heterocycles. The summed E-state index contributed by atoms with van der Waals surface area (Å²) in [6.45, 7) is 4.09. The molecule has 6 heteroatoms. The molecule has 1 aliphatic rings. The van der Waals surface area contributed by atoms with Gasteiger partial charge < -0.3 is 15.6 Å². The van der Waals surface area contributed by atoms with E-state index in [4.69, 9.17) is 5.84 Å². The van der Waals surface area contributed by atoms with Gasteiger partial charge in [0.2, 0.25) is 0 Å². The van der Waals surface area contributed by atoms with Crippen LogP contribution in [-0.2, 0) is 0 Å². The lowest BCUT2D eigenvalue weighted by atomic mass is 10.1. The molecule has 0 radical (unpaired) electrons. The van der Waals surface area contributed by atoms with E-state index in [0.29, 0.717) is 17.7 Å². The molecule has 0 bridgehead atoms. The van der Waals surface area contributed by atoms with Crippen molar-refractivity contribution in [3.8, 4) is 0 Å². The molecule has 1 atom stereocenters. The van der Waals surface area contributed by atoms with Gasteiger partial charge in [0.1, 0.15) is 17.5 Å². The second kappa shape index (κ2) is 5.29. The number of likely N-dealkylation sites (tertiary alicyclic amines) is 1. The molecule has 4 N–H and O–H groups in total. The van der Waals surface area contributed by atoms with E-state index in [-0.39, 0.29) is 0 Å². The maximum Gasteiger partial charge on any atom is 0.145 e. The fourth-order valence-electron chi connectivity index (χ4n) is 2.21. The Morgan fingerprint density at radius 3 is 2.88 bits per heavy atom. The second-order valence-electron chi connectivity index (χ2n) is 4.58. The van der Waals surface area contributed by atoms with Gasteiger partial charge in [-0.15, -0.1) is 0 Å². The molecule has 2 heterocycles. The largest absolute Gasteiger partial charge is 0.366 e. The number of piperidine rings is 1. The van der Waals surface area contributed by atoms with Crippen molar-refractivity contribution in [1.29, 1.82) is 0 Å². The Hall–Kier alpha value is -1.40. The third-order valence-corrected chi connectivity index (χ3v) is 2.96. The zero-order valence-electron chi connectivity index (χ0n) is 10.4. The molecule has 2 rings (SSSR count). The zero-order chi connectivity index (χ0) is 12.3. The Morgan fingerprint density at radius 1 is 1.41 bits per heavy atom. The number of aryl methyl sites for hydroxylation is 1. The summed E-state index contributed by atoms with van der Waals surface area (Å²) in [7, 11) is 2.14. The number of nitrogen functional groups attached to an aromatic ring is 1. The number of aromatic nitrogens is 2. The standard InChI is InChI=1S/C11H20N6/c1-8-13-10(6-11(14-8)16-12)15-9-4-3-5-17(2)7-9/h6,9H,3-5,7,12H2,1-2H3,(H2,13,14,15,16). The van der Waals surface area contributed by atoms with Crippen LogP contribution in [-0.4, -0.2) is 41.0 Å². The first-order valence-electron chi connectivity index (χ1n) is 5.95. The van der Waals surface area contributed by atoms with Crippen LogP contribution in [0.15, 0.2) is 6.07 Å². The normalized spacial score (nSPS) is 21.2. The highest BCUT2D eigenvalue weighted by molar-refractivity contribution is 5.47. The van der Waals surface area contributed by atoms with Gasteiger partial charge in [0.25, 0.3) is 0 Å². The molecule has 17 heavy (non-hydrogen) atoms. The summed E-state index contributed by atoms with van der Waals surface area (Å²) >= 11 is 0. The van der Waals surface area contributed by atoms with Gasteiger partial charge in [-0.05, 0) is 33.4 Å². The maximum atomic E-state index is 5.37. The Balaban J connectivity index is 2.04. The second-order valence-corrected chi connectivity index (χ2v) is 4.58. The fraction of sp³-hybridized carbons (Fsp3) is 0.636. The van der Waals surface area contributed by atoms with Crippen LogP contribution >= 0.6 is 0 Å². The third-order valence-electron chi connectivity index (χ3n) is 2.96. The van der Waals surface area contributed by atoms with Gasteiger partial charge in [-0.1, -0.05) is 0 Å². The highest BCUT2D eigenvalue weighted by Gasteiger charge is 2.17. The summed E-state index contributed by atoms with van der Waals surface area (Å²) in [6, 6.07) is 2.29. The van der Waals surface area contributed by atoms with Gasteiger partial charge >= 0.3 is 0 Å². The predicted molar refractivity (Wildman–Crippen MR) is 68.7 cm³/mol. The van der Waals surface area contributed by atoms with Crippen LogP contribution < -0.4 is 16.6 Å². The van der Waals surface area contributed by atoms with E-state index < -0.39 is 0 Å². The summed E-state index contributed by atoms with van der Waals surface area (Å²) in [6.07, 6.45) is 2.40. The fourth-order valence-corrected chi connectivity index (χ4v) is 2.21. The van der Waals surface area contributed by atoms with Crippen molar-refractivity contribution in [1.82, 2.24) is 14.9 Å². The summed E-state index contributed by atoms with van der Waals surface area (Å²) in [5, 5.41) is 3.44. The van der Waals surface area contributed by atoms with Crippen molar-refractivity contribution >= 4 is 11.6 Å². The van der Waals surface area contributed by atoms with Crippen molar-refractivity contribution in [3.63, 3.8) is 0 Å². The summed E-state index contributed by atoms with van der Waals surface area (Å²) < 4.78 is 0. The first-order chi connectivity index (χ1) is 8.17. The molecule has 1 aliphatic heterocycles. The van der Waals surface area contributed by atoms with Crippen LogP contribution in [0.4, 0.5) is 11.6 Å². The average Bonchev–Trinajstić information content (AvgIpc) is 2.28. The van der Waals surface area contributed by atoms with E-state index in [1.54, 1.807) is 0 Å². The SMILES string of the molecule is Cc1nc(NN)cc(NC2CCCN(C)C2)n1. The first-order valence-corrected chi connectivity index (χ1v) is 5.95. The minimum Gasteiger partial charge on any atom is -0.366 e. The van der Waals surface area contributed by atoms with Gasteiger partial charge in [-0.25, -0.2) is 15.8 Å². The van der Waals surface area contributed by atoms with Gasteiger partial charge in [0.15, 0.2) is 0 Å². The molecule has 94 valence electrons. The quantitative estimate of drug-likeness (QED) is 0.526. The van der Waals surface area contributed by atoms with Gasteiger partial charge in [-0.3, -0.25) is 0 Å². The van der Waals surface area contributed by atoms with E-state index >= 15 is 0 Å². The van der Waals surface area contributed by atoms with Crippen LogP contribution in [0.1, 0.15) is 18.7 Å². The molecule has 1 aromatic rings. The molecular formula is C11H20N6. The number of hydrogen-bond donors (Lipinski definition) is 3. The van der Waals surface area contributed by atoms with E-state index in [2.05, 4.69) is 32.7 Å². The van der Waals surface area contributed by atoms with Crippen LogP contribution in [0.5, 0.6) is 0 Å². The monoisotopic (exact) mass is 236 g/mol. The Morgan fingerprint density at radius 2 is 2.18 bits per heavy atom. The van der Waals surface area contributed by atoms with Crippen LogP contribution in [0, 0.1) is 6.92 Å². The molecule has 0 aliphatic carbocycles. The van der Waals surface area contributed by atoms with E-state index in [1.807, 2.05) is 13.0 Å². The van der Waals surface area contributed by atoms with Crippen LogP contribution in [0.25, 0.3) is 0 Å². The number of likely N-dealkylation sites (N-methyl/N-ethyl adjacent to an activating group) is 1. The molecule has 1 fully saturated rings. The van der Waals surface area contributed by atoms with Crippen LogP contribution in [0.3, 0.4) is 0 Å². The third kappa shape index (κ3) is 3.28. The van der Waals surface area contributed by atoms with Crippen molar-refractivity contribution in [2.75, 3.05) is 30.9 Å². The molecule has 0 amide bonds. The lowest BCUT2D eigenvalue weighted by Gasteiger charge is -2.30. The van der Waals surface area contributed by atoms with Gasteiger partial charge in [-0.2, -0.15) is 0 Å². The highest BCUT2D eigenvalue weighted by Crippen LogP contribution is 2.15. The lowest BCUT2D eigenvalue weighted by Crippen LogP contribution is -2.39. The lowest BCUT2D eigenvalue weighted by molar-refractivity contribution is 0.260. The molecule has 0 aromatic carbocycles. The molecule has 1 saturated heterocycles. The van der Waals surface area contributed by atoms with E-state index in [0.717, 1.165) is 12.4 Å². The number of nitrogens with two attached hydrogens (primary N) is 1. The minimum absolute atomic E-state index is 0.452. The Labute approximate surface area is 102 Å². The van der Waals surface area contributed by atoms with E-state index in [9.17, 15) is 0 Å². The number of rotatable bonds is 3. The minimum atomic E-state index is 0.452.